The molecule has 0 bridgehead atoms. The number of nitrogens with one attached hydrogen (secondary N) is 2. The molecular weight excluding hydrogens is 420 g/mol. The second-order valence-corrected chi connectivity index (χ2v) is 7.84. The van der Waals surface area contributed by atoms with Crippen molar-refractivity contribution in [1.29, 1.82) is 0 Å². The van der Waals surface area contributed by atoms with Crippen LogP contribution in [0.15, 0.2) is 66.0 Å². The number of piperazine rings is 1. The number of amides is 2. The minimum atomic E-state index is -0.302. The second-order valence-electron chi connectivity index (χ2n) is 7.84. The summed E-state index contributed by atoms with van der Waals surface area (Å²) >= 11 is 0. The Labute approximate surface area is 192 Å². The van der Waals surface area contributed by atoms with E-state index < -0.39 is 0 Å². The normalized spacial score (nSPS) is 14.1. The van der Waals surface area contributed by atoms with Crippen LogP contribution in [0.25, 0.3) is 0 Å². The summed E-state index contributed by atoms with van der Waals surface area (Å²) in [5, 5.41) is 5.77. The fraction of sp³-hybridized carbons (Fsp3) is 0.348. The number of nitrogens with zero attached hydrogens (tertiary/aromatic N) is 6. The molecule has 3 aromatic rings. The van der Waals surface area contributed by atoms with Gasteiger partial charge in [-0.2, -0.15) is 0 Å². The Morgan fingerprint density at radius 3 is 2.55 bits per heavy atom. The first kappa shape index (κ1) is 22.4. The number of anilines is 2. The van der Waals surface area contributed by atoms with E-state index in [0.29, 0.717) is 18.8 Å². The lowest BCUT2D eigenvalue weighted by Gasteiger charge is -2.34. The summed E-state index contributed by atoms with van der Waals surface area (Å²) in [5.41, 5.74) is 1.28. The van der Waals surface area contributed by atoms with Crippen molar-refractivity contribution in [3.05, 3.63) is 77.2 Å². The van der Waals surface area contributed by atoms with Gasteiger partial charge in [-0.3, -0.25) is 9.47 Å². The Hall–Kier alpha value is -3.79. The summed E-state index contributed by atoms with van der Waals surface area (Å²) in [5.74, 6) is 0.784. The van der Waals surface area contributed by atoms with Crippen molar-refractivity contribution in [1.82, 2.24) is 29.7 Å². The van der Waals surface area contributed by atoms with Gasteiger partial charge in [-0.15, -0.1) is 0 Å². The van der Waals surface area contributed by atoms with E-state index >= 15 is 0 Å². The summed E-state index contributed by atoms with van der Waals surface area (Å²) in [4.78, 5) is 41.0. The average molecular weight is 449 g/mol. The third-order valence-electron chi connectivity index (χ3n) is 5.46. The molecule has 10 nitrogen and oxygen atoms in total. The van der Waals surface area contributed by atoms with Gasteiger partial charge in [0.25, 0.3) is 0 Å². The van der Waals surface area contributed by atoms with Crippen LogP contribution in [0.3, 0.4) is 0 Å². The first-order valence-electron chi connectivity index (χ1n) is 11.1. The Morgan fingerprint density at radius 2 is 1.76 bits per heavy atom. The number of hydrogen-bond donors (Lipinski definition) is 2. The molecule has 0 atom stereocenters. The molecule has 0 aliphatic carbocycles. The highest BCUT2D eigenvalue weighted by Crippen LogP contribution is 2.12. The third-order valence-corrected chi connectivity index (χ3v) is 5.46. The van der Waals surface area contributed by atoms with Crippen LogP contribution in [0, 0.1) is 0 Å². The Morgan fingerprint density at radius 1 is 0.970 bits per heavy atom. The topological polar surface area (TPSA) is 108 Å². The van der Waals surface area contributed by atoms with Crippen molar-refractivity contribution >= 4 is 17.7 Å². The number of benzene rings is 1. The van der Waals surface area contributed by atoms with Crippen LogP contribution in [-0.4, -0.2) is 69.7 Å². The largest absolute Gasteiger partial charge is 0.347 e. The van der Waals surface area contributed by atoms with Crippen LogP contribution >= 0.6 is 0 Å². The Bertz CT molecular complexity index is 1100. The predicted octanol–water partition coefficient (Wildman–Crippen LogP) is 1.42. The van der Waals surface area contributed by atoms with Crippen molar-refractivity contribution in [2.75, 3.05) is 49.5 Å². The summed E-state index contributed by atoms with van der Waals surface area (Å²) < 4.78 is 1.52. The average Bonchev–Trinajstić information content (AvgIpc) is 2.84. The van der Waals surface area contributed by atoms with E-state index in [0.717, 1.165) is 50.7 Å². The van der Waals surface area contributed by atoms with Gasteiger partial charge in [-0.05, 0) is 42.8 Å². The highest BCUT2D eigenvalue weighted by molar-refractivity contribution is 5.89. The molecule has 0 unspecified atom stereocenters. The molecule has 1 aromatic carbocycles. The van der Waals surface area contributed by atoms with E-state index in [2.05, 4.69) is 35.4 Å². The molecular formula is C23H28N8O2. The van der Waals surface area contributed by atoms with Crippen molar-refractivity contribution in [2.24, 2.45) is 0 Å². The lowest BCUT2D eigenvalue weighted by molar-refractivity contribution is 0.244. The van der Waals surface area contributed by atoms with Gasteiger partial charge in [0, 0.05) is 63.2 Å². The molecule has 1 aliphatic rings. The molecule has 0 radical (unpaired) electrons. The van der Waals surface area contributed by atoms with Crippen LogP contribution in [0.5, 0.6) is 0 Å². The fourth-order valence-electron chi connectivity index (χ4n) is 3.76. The number of carbonyl (C=O) groups excluding carboxylic acids is 1. The molecule has 1 aliphatic heterocycles. The monoisotopic (exact) mass is 448 g/mol. The van der Waals surface area contributed by atoms with Gasteiger partial charge in [0.2, 0.25) is 5.95 Å². The maximum Gasteiger partial charge on any atom is 0.347 e. The maximum atomic E-state index is 12.3. The van der Waals surface area contributed by atoms with Crippen LogP contribution in [0.2, 0.25) is 0 Å². The minimum Gasteiger partial charge on any atom is -0.338 e. The SMILES string of the molecule is O=C(NCCCN1CCN(c2ncccn2)CC1)Nc1cccc(Cn2cccnc2=O)c1. The molecule has 4 rings (SSSR count). The third kappa shape index (κ3) is 6.59. The Balaban J connectivity index is 1.15. The zero-order valence-corrected chi connectivity index (χ0v) is 18.4. The predicted molar refractivity (Wildman–Crippen MR) is 126 cm³/mol. The molecule has 1 fully saturated rings. The quantitative estimate of drug-likeness (QED) is 0.502. The van der Waals surface area contributed by atoms with Crippen LogP contribution in [0.1, 0.15) is 12.0 Å². The minimum absolute atomic E-state index is 0.239. The van der Waals surface area contributed by atoms with E-state index in [9.17, 15) is 9.59 Å². The van der Waals surface area contributed by atoms with Gasteiger partial charge in [0.15, 0.2) is 0 Å². The highest BCUT2D eigenvalue weighted by atomic mass is 16.2. The van der Waals surface area contributed by atoms with E-state index in [1.54, 1.807) is 24.7 Å². The zero-order valence-electron chi connectivity index (χ0n) is 18.4. The smallest absolute Gasteiger partial charge is 0.338 e. The van der Waals surface area contributed by atoms with Gasteiger partial charge in [-0.25, -0.2) is 24.5 Å². The van der Waals surface area contributed by atoms with Crippen LogP contribution < -0.4 is 21.2 Å². The first-order valence-corrected chi connectivity index (χ1v) is 11.1. The molecule has 0 saturated carbocycles. The van der Waals surface area contributed by atoms with E-state index in [4.69, 9.17) is 0 Å². The molecule has 33 heavy (non-hydrogen) atoms. The molecule has 1 saturated heterocycles. The molecule has 2 aromatic heterocycles. The van der Waals surface area contributed by atoms with Gasteiger partial charge in [0.05, 0.1) is 6.54 Å². The summed E-state index contributed by atoms with van der Waals surface area (Å²) in [6.07, 6.45) is 7.57. The molecule has 2 N–H and O–H groups in total. The standard InChI is InChI=1S/C23H28N8O2/c32-22(28-20-6-1-5-19(17-20)18-31-12-4-10-27-23(31)33)26-9-3-11-29-13-15-30(16-14-29)21-24-7-2-8-25-21/h1-2,4-8,10,12,17H,3,9,11,13-16,18H2,(H2,26,28,32). The van der Waals surface area contributed by atoms with Gasteiger partial charge in [0.1, 0.15) is 0 Å². The van der Waals surface area contributed by atoms with Crippen LogP contribution in [0.4, 0.5) is 16.4 Å². The Kier molecular flexibility index (Phi) is 7.60. The van der Waals surface area contributed by atoms with E-state index in [-0.39, 0.29) is 11.7 Å². The molecule has 172 valence electrons. The number of rotatable bonds is 8. The van der Waals surface area contributed by atoms with Gasteiger partial charge < -0.3 is 15.5 Å². The van der Waals surface area contributed by atoms with E-state index in [1.165, 1.54) is 10.8 Å². The van der Waals surface area contributed by atoms with Crippen LogP contribution in [-0.2, 0) is 6.54 Å². The van der Waals surface area contributed by atoms with Crippen molar-refractivity contribution in [3.63, 3.8) is 0 Å². The molecule has 0 spiro atoms. The fourth-order valence-corrected chi connectivity index (χ4v) is 3.76. The lowest BCUT2D eigenvalue weighted by Crippen LogP contribution is -2.47. The van der Waals surface area contributed by atoms with Gasteiger partial charge in [-0.1, -0.05) is 12.1 Å². The number of urea groups is 1. The van der Waals surface area contributed by atoms with Crippen molar-refractivity contribution < 1.29 is 4.79 Å². The summed E-state index contributed by atoms with van der Waals surface area (Å²) in [7, 11) is 0. The maximum absolute atomic E-state index is 12.3. The number of carbonyl (C=O) groups is 1. The second kappa shape index (κ2) is 11.2. The van der Waals surface area contributed by atoms with Crippen molar-refractivity contribution in [3.8, 4) is 0 Å². The number of hydrogen-bond acceptors (Lipinski definition) is 7. The highest BCUT2D eigenvalue weighted by Gasteiger charge is 2.18. The molecule has 2 amide bonds. The van der Waals surface area contributed by atoms with Crippen molar-refractivity contribution in [2.45, 2.75) is 13.0 Å². The molecule has 10 heteroatoms. The summed E-state index contributed by atoms with van der Waals surface area (Å²) in [6.45, 7) is 5.64. The molecule has 3 heterocycles. The summed E-state index contributed by atoms with van der Waals surface area (Å²) in [6, 6.07) is 10.7. The van der Waals surface area contributed by atoms with E-state index in [1.807, 2.05) is 30.3 Å². The zero-order chi connectivity index (χ0) is 22.9. The lowest BCUT2D eigenvalue weighted by atomic mass is 10.2. The first-order chi connectivity index (χ1) is 16.2. The number of aromatic nitrogens is 4. The van der Waals surface area contributed by atoms with Gasteiger partial charge >= 0.3 is 11.7 Å².